The normalized spacial score (nSPS) is 17.5. The summed E-state index contributed by atoms with van der Waals surface area (Å²) < 4.78 is 0. The summed E-state index contributed by atoms with van der Waals surface area (Å²) in [5.74, 6) is -0.195. The van der Waals surface area contributed by atoms with Crippen molar-refractivity contribution < 1.29 is 14.7 Å². The summed E-state index contributed by atoms with van der Waals surface area (Å²) >= 11 is 0. The molecule has 120 valence electrons. The minimum Gasteiger partial charge on any atom is -0.465 e. The van der Waals surface area contributed by atoms with Gasteiger partial charge < -0.3 is 10.4 Å². The Balaban J connectivity index is 1.86. The van der Waals surface area contributed by atoms with Crippen molar-refractivity contribution in [3.63, 3.8) is 0 Å². The first-order valence-electron chi connectivity index (χ1n) is 7.76. The Morgan fingerprint density at radius 2 is 2.00 bits per heavy atom. The SMILES string of the molecule is CC(C)(CCCCc1ccccc1)N(C(=O)O)[C@H]1CNC1=O. The van der Waals surface area contributed by atoms with Gasteiger partial charge in [0.15, 0.2) is 0 Å². The molecule has 2 rings (SSSR count). The average molecular weight is 304 g/mol. The van der Waals surface area contributed by atoms with Gasteiger partial charge >= 0.3 is 6.09 Å². The maximum Gasteiger partial charge on any atom is 0.408 e. The Morgan fingerprint density at radius 3 is 2.50 bits per heavy atom. The number of carbonyl (C=O) groups is 2. The molecule has 0 saturated carbocycles. The molecule has 22 heavy (non-hydrogen) atoms. The van der Waals surface area contributed by atoms with Gasteiger partial charge in [0.25, 0.3) is 0 Å². The second-order valence-corrected chi connectivity index (χ2v) is 6.42. The van der Waals surface area contributed by atoms with E-state index in [2.05, 4.69) is 17.4 Å². The average Bonchev–Trinajstić information content (AvgIpc) is 2.48. The molecule has 0 aliphatic carbocycles. The molecular formula is C17H24N2O3. The molecule has 1 aliphatic heterocycles. The summed E-state index contributed by atoms with van der Waals surface area (Å²) in [6.07, 6.45) is 2.66. The number of nitrogens with zero attached hydrogens (tertiary/aromatic N) is 1. The van der Waals surface area contributed by atoms with Crippen molar-refractivity contribution in [2.75, 3.05) is 6.54 Å². The number of aryl methyl sites for hydroxylation is 1. The Hall–Kier alpha value is -2.04. The first-order valence-corrected chi connectivity index (χ1v) is 7.76. The summed E-state index contributed by atoms with van der Waals surface area (Å²) in [6, 6.07) is 9.73. The van der Waals surface area contributed by atoms with Gasteiger partial charge in [0.1, 0.15) is 6.04 Å². The summed E-state index contributed by atoms with van der Waals surface area (Å²) in [5.41, 5.74) is 0.763. The van der Waals surface area contributed by atoms with Crippen LogP contribution in [0.25, 0.3) is 0 Å². The van der Waals surface area contributed by atoms with Crippen LogP contribution >= 0.6 is 0 Å². The van der Waals surface area contributed by atoms with Crippen molar-refractivity contribution in [2.45, 2.75) is 51.1 Å². The molecule has 0 bridgehead atoms. The Kier molecular flexibility index (Phi) is 5.06. The van der Waals surface area contributed by atoms with Crippen LogP contribution in [-0.4, -0.2) is 40.1 Å². The third kappa shape index (κ3) is 3.78. The Morgan fingerprint density at radius 1 is 1.32 bits per heavy atom. The molecule has 2 amide bonds. The quantitative estimate of drug-likeness (QED) is 0.601. The van der Waals surface area contributed by atoms with Crippen molar-refractivity contribution in [3.8, 4) is 0 Å². The van der Waals surface area contributed by atoms with Gasteiger partial charge in [-0.1, -0.05) is 36.8 Å². The fraction of sp³-hybridized carbons (Fsp3) is 0.529. The topological polar surface area (TPSA) is 69.6 Å². The van der Waals surface area contributed by atoms with E-state index in [0.717, 1.165) is 25.7 Å². The minimum absolute atomic E-state index is 0.195. The van der Waals surface area contributed by atoms with Gasteiger partial charge in [0.05, 0.1) is 0 Å². The second-order valence-electron chi connectivity index (χ2n) is 6.42. The summed E-state index contributed by atoms with van der Waals surface area (Å²) in [5, 5.41) is 12.1. The predicted octanol–water partition coefficient (Wildman–Crippen LogP) is 2.66. The smallest absolute Gasteiger partial charge is 0.408 e. The maximum absolute atomic E-state index is 11.5. The highest BCUT2D eigenvalue weighted by Crippen LogP contribution is 2.26. The number of β-lactam (4-membered cyclic amide) rings is 1. The third-order valence-corrected chi connectivity index (χ3v) is 4.29. The third-order valence-electron chi connectivity index (χ3n) is 4.29. The standard InChI is InChI=1S/C17H24N2O3/c1-17(2,19(16(21)22)14-12-18-15(14)20)11-7-6-10-13-8-4-3-5-9-13/h3-5,8-9,14H,6-7,10-12H2,1-2H3,(H,18,20)(H,21,22)/t14-/m0/s1. The highest BCUT2D eigenvalue weighted by atomic mass is 16.4. The molecule has 0 aromatic heterocycles. The number of nitrogens with one attached hydrogen (secondary N) is 1. The number of hydrogen-bond donors (Lipinski definition) is 2. The zero-order valence-corrected chi connectivity index (χ0v) is 13.2. The molecule has 0 unspecified atom stereocenters. The molecule has 1 fully saturated rings. The van der Waals surface area contributed by atoms with Crippen molar-refractivity contribution in [3.05, 3.63) is 35.9 Å². The Labute approximate surface area is 131 Å². The minimum atomic E-state index is -1.02. The molecule has 5 nitrogen and oxygen atoms in total. The van der Waals surface area contributed by atoms with Gasteiger partial charge in [-0.05, 0) is 38.7 Å². The van der Waals surface area contributed by atoms with Gasteiger partial charge in [-0.2, -0.15) is 0 Å². The van der Waals surface area contributed by atoms with E-state index in [1.807, 2.05) is 32.0 Å². The fourth-order valence-corrected chi connectivity index (χ4v) is 2.95. The number of carbonyl (C=O) groups excluding carboxylic acids is 1. The molecule has 0 radical (unpaired) electrons. The van der Waals surface area contributed by atoms with Gasteiger partial charge in [0, 0.05) is 12.1 Å². The van der Waals surface area contributed by atoms with Crippen LogP contribution < -0.4 is 5.32 Å². The number of unbranched alkanes of at least 4 members (excludes halogenated alkanes) is 1. The zero-order chi connectivity index (χ0) is 16.2. The number of carboxylic acid groups (broad SMARTS) is 1. The molecule has 1 atom stereocenters. The lowest BCUT2D eigenvalue weighted by Crippen LogP contribution is -2.67. The first kappa shape index (κ1) is 16.3. The maximum atomic E-state index is 11.5. The van der Waals surface area contributed by atoms with E-state index in [1.165, 1.54) is 10.5 Å². The predicted molar refractivity (Wildman–Crippen MR) is 84.7 cm³/mol. The number of rotatable bonds is 7. The van der Waals surface area contributed by atoms with E-state index in [4.69, 9.17) is 0 Å². The molecule has 1 aliphatic rings. The largest absolute Gasteiger partial charge is 0.465 e. The van der Waals surface area contributed by atoms with Gasteiger partial charge in [-0.25, -0.2) is 4.79 Å². The molecular weight excluding hydrogens is 280 g/mol. The molecule has 1 heterocycles. The summed E-state index contributed by atoms with van der Waals surface area (Å²) in [4.78, 5) is 24.4. The van der Waals surface area contributed by atoms with E-state index < -0.39 is 17.7 Å². The van der Waals surface area contributed by atoms with Crippen LogP contribution in [0.3, 0.4) is 0 Å². The lowest BCUT2D eigenvalue weighted by Gasteiger charge is -2.44. The van der Waals surface area contributed by atoms with Gasteiger partial charge in [-0.15, -0.1) is 0 Å². The van der Waals surface area contributed by atoms with Crippen molar-refractivity contribution in [1.29, 1.82) is 0 Å². The molecule has 1 saturated heterocycles. The van der Waals surface area contributed by atoms with Crippen LogP contribution in [-0.2, 0) is 11.2 Å². The number of benzene rings is 1. The lowest BCUT2D eigenvalue weighted by atomic mass is 9.91. The van der Waals surface area contributed by atoms with Crippen molar-refractivity contribution >= 4 is 12.0 Å². The van der Waals surface area contributed by atoms with Crippen LogP contribution in [0.1, 0.15) is 38.7 Å². The van der Waals surface area contributed by atoms with E-state index in [0.29, 0.717) is 6.54 Å². The van der Waals surface area contributed by atoms with Crippen LogP contribution in [0.4, 0.5) is 4.79 Å². The van der Waals surface area contributed by atoms with E-state index >= 15 is 0 Å². The van der Waals surface area contributed by atoms with Crippen LogP contribution in [0.5, 0.6) is 0 Å². The zero-order valence-electron chi connectivity index (χ0n) is 13.2. The van der Waals surface area contributed by atoms with E-state index in [-0.39, 0.29) is 5.91 Å². The second kappa shape index (κ2) is 6.81. The molecule has 2 N–H and O–H groups in total. The summed E-state index contributed by atoms with van der Waals surface area (Å²) in [6.45, 7) is 4.21. The molecule has 1 aromatic carbocycles. The van der Waals surface area contributed by atoms with Gasteiger partial charge in [0.2, 0.25) is 5.91 Å². The van der Waals surface area contributed by atoms with E-state index in [9.17, 15) is 14.7 Å². The highest BCUT2D eigenvalue weighted by molar-refractivity contribution is 5.90. The highest BCUT2D eigenvalue weighted by Gasteiger charge is 2.43. The molecule has 5 heteroatoms. The van der Waals surface area contributed by atoms with Crippen molar-refractivity contribution in [2.24, 2.45) is 0 Å². The molecule has 0 spiro atoms. The van der Waals surface area contributed by atoms with Crippen LogP contribution in [0, 0.1) is 0 Å². The first-order chi connectivity index (χ1) is 10.4. The number of amides is 2. The molecule has 1 aromatic rings. The fourth-order valence-electron chi connectivity index (χ4n) is 2.95. The van der Waals surface area contributed by atoms with Crippen LogP contribution in [0.2, 0.25) is 0 Å². The lowest BCUT2D eigenvalue weighted by molar-refractivity contribution is -0.135. The summed E-state index contributed by atoms with van der Waals surface area (Å²) in [7, 11) is 0. The Bertz CT molecular complexity index is 528. The van der Waals surface area contributed by atoms with E-state index in [1.54, 1.807) is 0 Å². The van der Waals surface area contributed by atoms with Gasteiger partial charge in [-0.3, -0.25) is 9.69 Å². The monoisotopic (exact) mass is 304 g/mol. The van der Waals surface area contributed by atoms with Crippen molar-refractivity contribution in [1.82, 2.24) is 10.2 Å². The number of hydrogen-bond acceptors (Lipinski definition) is 2. The van der Waals surface area contributed by atoms with Crippen LogP contribution in [0.15, 0.2) is 30.3 Å².